The minimum absolute atomic E-state index is 0.148. The van der Waals surface area contributed by atoms with Crippen LogP contribution < -0.4 is 10.6 Å². The third kappa shape index (κ3) is 4.98. The fourth-order valence-electron chi connectivity index (χ4n) is 3.64. The van der Waals surface area contributed by atoms with Crippen LogP contribution in [0.4, 0.5) is 15.8 Å². The van der Waals surface area contributed by atoms with Gasteiger partial charge in [-0.1, -0.05) is 36.4 Å². The summed E-state index contributed by atoms with van der Waals surface area (Å²) in [7, 11) is 0. The fourth-order valence-corrected chi connectivity index (χ4v) is 3.64. The van der Waals surface area contributed by atoms with Crippen LogP contribution in [0.15, 0.2) is 79.0 Å². The molecule has 2 amide bonds. The maximum absolute atomic E-state index is 13.2. The van der Waals surface area contributed by atoms with Crippen LogP contribution in [0.1, 0.15) is 18.1 Å². The molecule has 1 aromatic heterocycles. The van der Waals surface area contributed by atoms with Gasteiger partial charge >= 0.3 is 0 Å². The van der Waals surface area contributed by atoms with Crippen LogP contribution >= 0.6 is 0 Å². The Labute approximate surface area is 179 Å². The van der Waals surface area contributed by atoms with E-state index < -0.39 is 0 Å². The molecule has 5 nitrogen and oxygen atoms in total. The lowest BCUT2D eigenvalue weighted by Crippen LogP contribution is -2.14. The maximum Gasteiger partial charge on any atom is 0.228 e. The number of aromatic nitrogens is 1. The molecule has 0 aliphatic rings. The van der Waals surface area contributed by atoms with Gasteiger partial charge in [0.15, 0.2) is 0 Å². The number of fused-ring (bicyclic) bond motifs is 1. The predicted octanol–water partition coefficient (Wildman–Crippen LogP) is 4.97. The van der Waals surface area contributed by atoms with Crippen molar-refractivity contribution in [1.29, 1.82) is 0 Å². The van der Waals surface area contributed by atoms with Crippen molar-refractivity contribution in [2.75, 3.05) is 10.6 Å². The Kier molecular flexibility index (Phi) is 5.80. The monoisotopic (exact) mass is 415 g/mol. The third-order valence-corrected chi connectivity index (χ3v) is 4.95. The van der Waals surface area contributed by atoms with Crippen molar-refractivity contribution in [2.24, 2.45) is 0 Å². The van der Waals surface area contributed by atoms with Gasteiger partial charge in [-0.25, -0.2) is 4.39 Å². The number of halogens is 1. The molecule has 31 heavy (non-hydrogen) atoms. The van der Waals surface area contributed by atoms with Crippen LogP contribution in [0.25, 0.3) is 10.9 Å². The number of carbonyl (C=O) groups is 2. The summed E-state index contributed by atoms with van der Waals surface area (Å²) in [6.07, 6.45) is 2.18. The fraction of sp³-hybridized carbons (Fsp3) is 0.120. The highest BCUT2D eigenvalue weighted by atomic mass is 19.1. The van der Waals surface area contributed by atoms with Gasteiger partial charge in [-0.15, -0.1) is 0 Å². The Hall–Kier alpha value is -3.93. The summed E-state index contributed by atoms with van der Waals surface area (Å²) in [4.78, 5) is 24.0. The number of nitrogens with one attached hydrogen (secondary N) is 2. The number of amides is 2. The van der Waals surface area contributed by atoms with Crippen molar-refractivity contribution in [1.82, 2.24) is 4.57 Å². The number of benzene rings is 3. The van der Waals surface area contributed by atoms with Crippen LogP contribution in [0.5, 0.6) is 0 Å². The first-order valence-electron chi connectivity index (χ1n) is 9.96. The molecule has 0 saturated carbocycles. The summed E-state index contributed by atoms with van der Waals surface area (Å²) >= 11 is 0. The smallest absolute Gasteiger partial charge is 0.228 e. The number of hydrogen-bond donors (Lipinski definition) is 2. The summed E-state index contributed by atoms with van der Waals surface area (Å²) in [5.41, 5.74) is 4.15. The highest BCUT2D eigenvalue weighted by molar-refractivity contribution is 5.97. The summed E-state index contributed by atoms with van der Waals surface area (Å²) in [5, 5.41) is 6.60. The predicted molar refractivity (Wildman–Crippen MR) is 121 cm³/mol. The first kappa shape index (κ1) is 20.3. The van der Waals surface area contributed by atoms with E-state index in [2.05, 4.69) is 15.2 Å². The van der Waals surface area contributed by atoms with E-state index in [1.165, 1.54) is 19.1 Å². The Morgan fingerprint density at radius 1 is 0.903 bits per heavy atom. The standard InChI is InChI=1S/C25H22FN3O2/c1-17(30)27-21-5-4-6-22(14-21)28-25(31)13-19-16-29(24-8-3-2-7-23(19)24)15-18-9-11-20(26)12-10-18/h2-12,14,16H,13,15H2,1H3,(H,27,30)(H,28,31). The van der Waals surface area contributed by atoms with Gasteiger partial charge in [0.1, 0.15) is 5.82 Å². The lowest BCUT2D eigenvalue weighted by Gasteiger charge is -2.07. The summed E-state index contributed by atoms with van der Waals surface area (Å²) in [5.74, 6) is -0.580. The van der Waals surface area contributed by atoms with Gasteiger partial charge in [0, 0.05) is 41.9 Å². The maximum atomic E-state index is 13.2. The molecule has 4 aromatic rings. The van der Waals surface area contributed by atoms with E-state index >= 15 is 0 Å². The Morgan fingerprint density at radius 2 is 1.61 bits per heavy atom. The van der Waals surface area contributed by atoms with Crippen molar-refractivity contribution in [3.8, 4) is 0 Å². The molecule has 3 aromatic carbocycles. The van der Waals surface area contributed by atoms with Crippen molar-refractivity contribution >= 4 is 34.1 Å². The van der Waals surface area contributed by atoms with Crippen molar-refractivity contribution in [2.45, 2.75) is 19.9 Å². The molecule has 0 atom stereocenters. The molecule has 1 heterocycles. The molecule has 0 aliphatic carbocycles. The zero-order valence-electron chi connectivity index (χ0n) is 17.1. The normalized spacial score (nSPS) is 10.8. The number of nitrogens with zero attached hydrogens (tertiary/aromatic N) is 1. The molecule has 0 bridgehead atoms. The largest absolute Gasteiger partial charge is 0.343 e. The lowest BCUT2D eigenvalue weighted by molar-refractivity contribution is -0.115. The highest BCUT2D eigenvalue weighted by Crippen LogP contribution is 2.24. The van der Waals surface area contributed by atoms with E-state index in [1.807, 2.05) is 30.5 Å². The minimum Gasteiger partial charge on any atom is -0.343 e. The zero-order chi connectivity index (χ0) is 21.8. The van der Waals surface area contributed by atoms with Gasteiger partial charge in [-0.05, 0) is 47.5 Å². The van der Waals surface area contributed by atoms with E-state index in [9.17, 15) is 14.0 Å². The molecule has 0 fully saturated rings. The van der Waals surface area contributed by atoms with Crippen molar-refractivity contribution in [3.63, 3.8) is 0 Å². The van der Waals surface area contributed by atoms with Crippen LogP contribution in [-0.2, 0) is 22.6 Å². The summed E-state index contributed by atoms with van der Waals surface area (Å²) in [6.45, 7) is 2.02. The molecule has 0 unspecified atom stereocenters. The summed E-state index contributed by atoms with van der Waals surface area (Å²) in [6, 6.07) is 21.4. The molecule has 4 rings (SSSR count). The van der Waals surface area contributed by atoms with Gasteiger partial charge in [0.05, 0.1) is 6.42 Å². The second-order valence-electron chi connectivity index (χ2n) is 7.41. The lowest BCUT2D eigenvalue weighted by atomic mass is 10.1. The van der Waals surface area contributed by atoms with E-state index in [0.717, 1.165) is 22.0 Å². The molecule has 156 valence electrons. The third-order valence-electron chi connectivity index (χ3n) is 4.95. The van der Waals surface area contributed by atoms with Crippen LogP contribution in [0.2, 0.25) is 0 Å². The number of rotatable bonds is 6. The average molecular weight is 415 g/mol. The van der Waals surface area contributed by atoms with E-state index in [1.54, 1.807) is 36.4 Å². The molecular formula is C25H22FN3O2. The quantitative estimate of drug-likeness (QED) is 0.467. The number of hydrogen-bond acceptors (Lipinski definition) is 2. The van der Waals surface area contributed by atoms with Gasteiger partial charge in [0.2, 0.25) is 11.8 Å². The van der Waals surface area contributed by atoms with E-state index in [4.69, 9.17) is 0 Å². The van der Waals surface area contributed by atoms with E-state index in [0.29, 0.717) is 17.9 Å². The summed E-state index contributed by atoms with van der Waals surface area (Å²) < 4.78 is 15.3. The zero-order valence-corrected chi connectivity index (χ0v) is 17.1. The molecule has 6 heteroatoms. The molecule has 0 spiro atoms. The van der Waals surface area contributed by atoms with Crippen molar-refractivity contribution < 1.29 is 14.0 Å². The van der Waals surface area contributed by atoms with E-state index in [-0.39, 0.29) is 24.1 Å². The first-order valence-corrected chi connectivity index (χ1v) is 9.96. The first-order chi connectivity index (χ1) is 15.0. The SMILES string of the molecule is CC(=O)Nc1cccc(NC(=O)Cc2cn(Cc3ccc(F)cc3)c3ccccc23)c1. The second kappa shape index (κ2) is 8.83. The van der Waals surface area contributed by atoms with Gasteiger partial charge in [-0.2, -0.15) is 0 Å². The van der Waals surface area contributed by atoms with Crippen LogP contribution in [-0.4, -0.2) is 16.4 Å². The number of para-hydroxylation sites is 1. The second-order valence-corrected chi connectivity index (χ2v) is 7.41. The van der Waals surface area contributed by atoms with Gasteiger partial charge < -0.3 is 15.2 Å². The van der Waals surface area contributed by atoms with Gasteiger partial charge in [-0.3, -0.25) is 9.59 Å². The molecule has 0 saturated heterocycles. The Balaban J connectivity index is 1.54. The van der Waals surface area contributed by atoms with Crippen LogP contribution in [0, 0.1) is 5.82 Å². The molecule has 0 aliphatic heterocycles. The Bertz CT molecular complexity index is 1250. The number of anilines is 2. The topological polar surface area (TPSA) is 63.1 Å². The van der Waals surface area contributed by atoms with Gasteiger partial charge in [0.25, 0.3) is 0 Å². The Morgan fingerprint density at radius 3 is 2.35 bits per heavy atom. The average Bonchev–Trinajstić information content (AvgIpc) is 3.07. The number of carbonyl (C=O) groups excluding carboxylic acids is 2. The molecule has 0 radical (unpaired) electrons. The van der Waals surface area contributed by atoms with Crippen LogP contribution in [0.3, 0.4) is 0 Å². The molecular weight excluding hydrogens is 393 g/mol. The molecule has 2 N–H and O–H groups in total. The van der Waals surface area contributed by atoms with Crippen molar-refractivity contribution in [3.05, 3.63) is 95.9 Å². The highest BCUT2D eigenvalue weighted by Gasteiger charge is 2.13. The minimum atomic E-state index is -0.263.